The first kappa shape index (κ1) is 16.8. The maximum atomic E-state index is 12.3. The second-order valence-corrected chi connectivity index (χ2v) is 5.53. The Balaban J connectivity index is 2.89. The smallest absolute Gasteiger partial charge is 0.244 e. The summed E-state index contributed by atoms with van der Waals surface area (Å²) in [6.07, 6.45) is 0.902. The Morgan fingerprint density at radius 3 is 2.65 bits per heavy atom. The minimum Gasteiger partial charge on any atom is -0.491 e. The molecule has 1 amide bonds. The van der Waals surface area contributed by atoms with Crippen LogP contribution in [0.4, 0.5) is 5.69 Å². The summed E-state index contributed by atoms with van der Waals surface area (Å²) >= 11 is 5.99. The van der Waals surface area contributed by atoms with Crippen LogP contribution < -0.4 is 15.4 Å². The molecule has 0 radical (unpaired) electrons. The second-order valence-electron chi connectivity index (χ2n) is 5.10. The molecule has 112 valence electrons. The van der Waals surface area contributed by atoms with Crippen molar-refractivity contribution in [3.63, 3.8) is 0 Å². The van der Waals surface area contributed by atoms with Crippen molar-refractivity contribution in [2.75, 3.05) is 18.5 Å². The molecule has 0 bridgehead atoms. The summed E-state index contributed by atoms with van der Waals surface area (Å²) in [6, 6.07) is 5.22. The van der Waals surface area contributed by atoms with Crippen molar-refractivity contribution in [1.82, 2.24) is 5.32 Å². The Hall–Kier alpha value is -1.26. The van der Waals surface area contributed by atoms with Gasteiger partial charge in [0.1, 0.15) is 5.75 Å². The number of amides is 1. The first-order valence-corrected chi connectivity index (χ1v) is 7.27. The molecule has 2 N–H and O–H groups in total. The highest BCUT2D eigenvalue weighted by Gasteiger charge is 2.27. The number of hydrogen-bond donors (Lipinski definition) is 2. The van der Waals surface area contributed by atoms with Crippen LogP contribution in [0, 0.1) is 0 Å². The molecule has 4 nitrogen and oxygen atoms in total. The Morgan fingerprint density at radius 2 is 2.05 bits per heavy atom. The van der Waals surface area contributed by atoms with E-state index in [0.29, 0.717) is 23.1 Å². The Morgan fingerprint density at radius 1 is 1.35 bits per heavy atom. The van der Waals surface area contributed by atoms with Crippen LogP contribution in [-0.4, -0.2) is 24.6 Å². The first-order valence-electron chi connectivity index (χ1n) is 6.89. The van der Waals surface area contributed by atoms with Gasteiger partial charge >= 0.3 is 0 Å². The molecule has 0 aliphatic heterocycles. The van der Waals surface area contributed by atoms with E-state index in [1.165, 1.54) is 0 Å². The molecule has 0 saturated heterocycles. The Bertz CT molecular complexity index is 461. The van der Waals surface area contributed by atoms with Gasteiger partial charge in [-0.2, -0.15) is 0 Å². The number of hydrogen-bond acceptors (Lipinski definition) is 3. The average molecular weight is 299 g/mol. The number of halogens is 1. The van der Waals surface area contributed by atoms with E-state index in [9.17, 15) is 4.79 Å². The van der Waals surface area contributed by atoms with Gasteiger partial charge in [0, 0.05) is 5.02 Å². The van der Waals surface area contributed by atoms with Gasteiger partial charge in [0.25, 0.3) is 0 Å². The molecule has 0 saturated carbocycles. The minimum absolute atomic E-state index is 0.122. The number of rotatable bonds is 7. The lowest BCUT2D eigenvalue weighted by molar-refractivity contribution is -0.121. The number of ether oxygens (including phenoxy) is 1. The van der Waals surface area contributed by atoms with Crippen molar-refractivity contribution in [1.29, 1.82) is 0 Å². The van der Waals surface area contributed by atoms with Crippen LogP contribution in [0.2, 0.25) is 5.02 Å². The highest BCUT2D eigenvalue weighted by atomic mass is 35.5. The van der Waals surface area contributed by atoms with Gasteiger partial charge in [0.05, 0.1) is 17.8 Å². The van der Waals surface area contributed by atoms with Crippen LogP contribution in [0.25, 0.3) is 0 Å². The van der Waals surface area contributed by atoms with Crippen molar-refractivity contribution < 1.29 is 9.53 Å². The van der Waals surface area contributed by atoms with Gasteiger partial charge in [0.15, 0.2) is 0 Å². The van der Waals surface area contributed by atoms with Crippen LogP contribution in [-0.2, 0) is 4.79 Å². The Kier molecular flexibility index (Phi) is 6.30. The standard InChI is InChI=1S/C15H23ClN2O2/c1-5-9-20-13-8-7-11(16)10-12(13)18-14(19)15(3,4)17-6-2/h7-8,10,17H,5-6,9H2,1-4H3,(H,18,19). The van der Waals surface area contributed by atoms with E-state index in [1.807, 2.05) is 27.7 Å². The van der Waals surface area contributed by atoms with Crippen LogP contribution in [0.15, 0.2) is 18.2 Å². The van der Waals surface area contributed by atoms with Gasteiger partial charge in [-0.3, -0.25) is 4.79 Å². The van der Waals surface area contributed by atoms with Crippen molar-refractivity contribution in [3.05, 3.63) is 23.2 Å². The van der Waals surface area contributed by atoms with E-state index in [1.54, 1.807) is 18.2 Å². The number of likely N-dealkylation sites (N-methyl/N-ethyl adjacent to an activating group) is 1. The zero-order valence-electron chi connectivity index (χ0n) is 12.5. The van der Waals surface area contributed by atoms with Crippen molar-refractivity contribution in [2.45, 2.75) is 39.7 Å². The van der Waals surface area contributed by atoms with E-state index in [2.05, 4.69) is 10.6 Å². The van der Waals surface area contributed by atoms with Gasteiger partial charge < -0.3 is 15.4 Å². The molecule has 1 aromatic rings. The molecule has 0 heterocycles. The summed E-state index contributed by atoms with van der Waals surface area (Å²) in [7, 11) is 0. The maximum absolute atomic E-state index is 12.3. The fourth-order valence-corrected chi connectivity index (χ4v) is 1.91. The van der Waals surface area contributed by atoms with E-state index >= 15 is 0 Å². The predicted molar refractivity (Wildman–Crippen MR) is 83.6 cm³/mol. The van der Waals surface area contributed by atoms with E-state index < -0.39 is 5.54 Å². The first-order chi connectivity index (χ1) is 9.40. The highest BCUT2D eigenvalue weighted by Crippen LogP contribution is 2.28. The minimum atomic E-state index is -0.654. The third kappa shape index (κ3) is 4.69. The summed E-state index contributed by atoms with van der Waals surface area (Å²) in [5.74, 6) is 0.514. The lowest BCUT2D eigenvalue weighted by Crippen LogP contribution is -2.49. The van der Waals surface area contributed by atoms with Crippen LogP contribution in [0.1, 0.15) is 34.1 Å². The van der Waals surface area contributed by atoms with Gasteiger partial charge in [-0.25, -0.2) is 0 Å². The van der Waals surface area contributed by atoms with Gasteiger partial charge in [-0.05, 0) is 45.0 Å². The molecule has 0 fully saturated rings. The van der Waals surface area contributed by atoms with Gasteiger partial charge in [0.2, 0.25) is 5.91 Å². The van der Waals surface area contributed by atoms with Crippen LogP contribution in [0.5, 0.6) is 5.75 Å². The molecular formula is C15H23ClN2O2. The lowest BCUT2D eigenvalue weighted by atomic mass is 10.0. The van der Waals surface area contributed by atoms with E-state index in [0.717, 1.165) is 13.0 Å². The third-order valence-corrected chi connectivity index (χ3v) is 3.07. The molecular weight excluding hydrogens is 276 g/mol. The number of benzene rings is 1. The summed E-state index contributed by atoms with van der Waals surface area (Å²) in [6.45, 7) is 8.98. The van der Waals surface area contributed by atoms with E-state index in [-0.39, 0.29) is 5.91 Å². The molecule has 0 aromatic heterocycles. The Labute approximate surface area is 125 Å². The molecule has 1 aromatic carbocycles. The highest BCUT2D eigenvalue weighted by molar-refractivity contribution is 6.31. The summed E-state index contributed by atoms with van der Waals surface area (Å²) in [5.41, 5.74) is -0.0547. The fourth-order valence-electron chi connectivity index (χ4n) is 1.74. The monoisotopic (exact) mass is 298 g/mol. The zero-order chi connectivity index (χ0) is 15.2. The lowest BCUT2D eigenvalue weighted by Gasteiger charge is -2.25. The van der Waals surface area contributed by atoms with Crippen molar-refractivity contribution in [3.8, 4) is 5.75 Å². The number of anilines is 1. The molecule has 20 heavy (non-hydrogen) atoms. The summed E-state index contributed by atoms with van der Waals surface area (Å²) in [4.78, 5) is 12.3. The van der Waals surface area contributed by atoms with Crippen LogP contribution in [0.3, 0.4) is 0 Å². The SMILES string of the molecule is CCCOc1ccc(Cl)cc1NC(=O)C(C)(C)NCC. The summed E-state index contributed by atoms with van der Waals surface area (Å²) in [5, 5.41) is 6.57. The predicted octanol–water partition coefficient (Wildman–Crippen LogP) is 3.46. The molecule has 0 unspecified atom stereocenters. The van der Waals surface area contributed by atoms with Gasteiger partial charge in [-0.1, -0.05) is 25.4 Å². The topological polar surface area (TPSA) is 50.4 Å². The normalized spacial score (nSPS) is 11.2. The molecule has 0 spiro atoms. The van der Waals surface area contributed by atoms with Gasteiger partial charge in [-0.15, -0.1) is 0 Å². The fraction of sp³-hybridized carbons (Fsp3) is 0.533. The second kappa shape index (κ2) is 7.50. The van der Waals surface area contributed by atoms with E-state index in [4.69, 9.17) is 16.3 Å². The third-order valence-electron chi connectivity index (χ3n) is 2.84. The summed E-state index contributed by atoms with van der Waals surface area (Å²) < 4.78 is 5.62. The largest absolute Gasteiger partial charge is 0.491 e. The molecule has 5 heteroatoms. The molecule has 0 aliphatic rings. The average Bonchev–Trinajstić information content (AvgIpc) is 2.37. The number of carbonyl (C=O) groups excluding carboxylic acids is 1. The van der Waals surface area contributed by atoms with Crippen molar-refractivity contribution >= 4 is 23.2 Å². The van der Waals surface area contributed by atoms with Crippen molar-refractivity contribution in [2.24, 2.45) is 0 Å². The molecule has 0 atom stereocenters. The number of carbonyl (C=O) groups is 1. The molecule has 0 aliphatic carbocycles. The zero-order valence-corrected chi connectivity index (χ0v) is 13.3. The number of nitrogens with one attached hydrogen (secondary N) is 2. The molecule has 1 rings (SSSR count). The van der Waals surface area contributed by atoms with Crippen LogP contribution >= 0.6 is 11.6 Å². The quantitative estimate of drug-likeness (QED) is 0.810. The maximum Gasteiger partial charge on any atom is 0.244 e.